The number of furan rings is 1. The van der Waals surface area contributed by atoms with Crippen molar-refractivity contribution in [1.29, 1.82) is 0 Å². The molecule has 0 radical (unpaired) electrons. The minimum absolute atomic E-state index is 0.00268. The van der Waals surface area contributed by atoms with Crippen molar-refractivity contribution < 1.29 is 13.9 Å². The Hall–Kier alpha value is -1.29. The predicted molar refractivity (Wildman–Crippen MR) is 57.0 cm³/mol. The number of carbonyl (C=O) groups excluding carboxylic acids is 1. The molecule has 0 fully saturated rings. The summed E-state index contributed by atoms with van der Waals surface area (Å²) < 4.78 is 10.2. The Kier molecular flexibility index (Phi) is 3.91. The number of hydrogen-bond donors (Lipinski definition) is 1. The Morgan fingerprint density at radius 1 is 1.60 bits per heavy atom. The highest BCUT2D eigenvalue weighted by Gasteiger charge is 2.15. The lowest BCUT2D eigenvalue weighted by molar-refractivity contribution is 0.0904. The van der Waals surface area contributed by atoms with Crippen LogP contribution < -0.4 is 5.32 Å². The van der Waals surface area contributed by atoms with E-state index in [-0.39, 0.29) is 11.9 Å². The summed E-state index contributed by atoms with van der Waals surface area (Å²) in [4.78, 5) is 11.7. The minimum Gasteiger partial charge on any atom is -0.466 e. The quantitative estimate of drug-likeness (QED) is 0.824. The smallest absolute Gasteiger partial charge is 0.255 e. The highest BCUT2D eigenvalue weighted by atomic mass is 16.5. The summed E-state index contributed by atoms with van der Waals surface area (Å²) in [7, 11) is 1.61. The lowest BCUT2D eigenvalue weighted by atomic mass is 10.2. The third kappa shape index (κ3) is 3.09. The number of hydrogen-bond acceptors (Lipinski definition) is 3. The molecule has 0 saturated carbocycles. The summed E-state index contributed by atoms with van der Waals surface area (Å²) in [6.45, 7) is 6.00. The van der Waals surface area contributed by atoms with Crippen LogP contribution >= 0.6 is 0 Å². The monoisotopic (exact) mass is 211 g/mol. The number of nitrogens with one attached hydrogen (secondary N) is 1. The average molecular weight is 211 g/mol. The molecule has 1 N–H and O–H groups in total. The van der Waals surface area contributed by atoms with Crippen molar-refractivity contribution in [1.82, 2.24) is 5.32 Å². The van der Waals surface area contributed by atoms with Crippen molar-refractivity contribution in [2.45, 2.75) is 26.8 Å². The number of rotatable bonds is 4. The van der Waals surface area contributed by atoms with Gasteiger partial charge >= 0.3 is 0 Å². The van der Waals surface area contributed by atoms with E-state index >= 15 is 0 Å². The molecule has 4 heteroatoms. The maximum absolute atomic E-state index is 11.7. The van der Waals surface area contributed by atoms with Gasteiger partial charge in [0.05, 0.1) is 12.2 Å². The summed E-state index contributed by atoms with van der Waals surface area (Å²) in [5.74, 6) is 1.28. The molecule has 0 saturated heterocycles. The van der Waals surface area contributed by atoms with Crippen molar-refractivity contribution in [2.24, 2.45) is 0 Å². The van der Waals surface area contributed by atoms with Crippen LogP contribution in [0.1, 0.15) is 28.8 Å². The summed E-state index contributed by atoms with van der Waals surface area (Å²) in [6.07, 6.45) is 0. The first-order valence-corrected chi connectivity index (χ1v) is 4.91. The van der Waals surface area contributed by atoms with Crippen LogP contribution in [0.25, 0.3) is 0 Å². The Morgan fingerprint density at radius 2 is 2.27 bits per heavy atom. The van der Waals surface area contributed by atoms with E-state index < -0.39 is 0 Å². The zero-order valence-corrected chi connectivity index (χ0v) is 9.59. The molecular weight excluding hydrogens is 194 g/mol. The van der Waals surface area contributed by atoms with Crippen molar-refractivity contribution in [3.8, 4) is 0 Å². The van der Waals surface area contributed by atoms with Gasteiger partial charge in [0.2, 0.25) is 0 Å². The fourth-order valence-electron chi connectivity index (χ4n) is 1.45. The normalized spacial score (nSPS) is 12.5. The second kappa shape index (κ2) is 4.98. The second-order valence-electron chi connectivity index (χ2n) is 3.66. The van der Waals surface area contributed by atoms with E-state index in [4.69, 9.17) is 9.15 Å². The van der Waals surface area contributed by atoms with Crippen LogP contribution in [-0.2, 0) is 4.74 Å². The van der Waals surface area contributed by atoms with Crippen LogP contribution in [0.2, 0.25) is 0 Å². The van der Waals surface area contributed by atoms with E-state index in [1.165, 1.54) is 0 Å². The number of ether oxygens (including phenoxy) is 1. The van der Waals surface area contributed by atoms with Crippen LogP contribution in [0.5, 0.6) is 0 Å². The fraction of sp³-hybridized carbons (Fsp3) is 0.545. The molecule has 0 bridgehead atoms. The summed E-state index contributed by atoms with van der Waals surface area (Å²) in [5, 5.41) is 2.83. The predicted octanol–water partition coefficient (Wildman–Crippen LogP) is 1.66. The van der Waals surface area contributed by atoms with Crippen LogP contribution in [0.3, 0.4) is 0 Å². The molecule has 1 rings (SSSR count). The molecule has 1 aromatic heterocycles. The van der Waals surface area contributed by atoms with Crippen molar-refractivity contribution >= 4 is 5.91 Å². The third-order valence-electron chi connectivity index (χ3n) is 2.08. The first-order valence-electron chi connectivity index (χ1n) is 4.91. The average Bonchev–Trinajstić information content (AvgIpc) is 2.45. The second-order valence-corrected chi connectivity index (χ2v) is 3.66. The highest BCUT2D eigenvalue weighted by Crippen LogP contribution is 2.13. The summed E-state index contributed by atoms with van der Waals surface area (Å²) in [6, 6.07) is 1.74. The molecule has 0 spiro atoms. The molecule has 1 unspecified atom stereocenters. The number of amides is 1. The van der Waals surface area contributed by atoms with Crippen LogP contribution in [0.4, 0.5) is 0 Å². The van der Waals surface area contributed by atoms with Gasteiger partial charge in [0, 0.05) is 13.2 Å². The standard InChI is InChI=1S/C11H17NO3/c1-7(6-14-4)12-11(13)10-5-8(2)15-9(10)3/h5,7H,6H2,1-4H3,(H,12,13). The summed E-state index contributed by atoms with van der Waals surface area (Å²) in [5.41, 5.74) is 0.593. The van der Waals surface area contributed by atoms with Gasteiger partial charge < -0.3 is 14.5 Å². The number of aryl methyl sites for hydroxylation is 2. The maximum atomic E-state index is 11.7. The number of methoxy groups -OCH3 is 1. The van der Waals surface area contributed by atoms with Gasteiger partial charge in [-0.1, -0.05) is 0 Å². The molecule has 0 aliphatic carbocycles. The fourth-order valence-corrected chi connectivity index (χ4v) is 1.45. The first kappa shape index (κ1) is 11.8. The molecule has 0 aliphatic heterocycles. The van der Waals surface area contributed by atoms with E-state index in [0.29, 0.717) is 17.9 Å². The van der Waals surface area contributed by atoms with Crippen molar-refractivity contribution in [2.75, 3.05) is 13.7 Å². The summed E-state index contributed by atoms with van der Waals surface area (Å²) >= 11 is 0. The molecule has 1 aromatic rings. The molecule has 15 heavy (non-hydrogen) atoms. The van der Waals surface area contributed by atoms with Crippen molar-refractivity contribution in [3.63, 3.8) is 0 Å². The SMILES string of the molecule is COCC(C)NC(=O)c1cc(C)oc1C. The molecule has 1 amide bonds. The molecule has 0 aromatic carbocycles. The van der Waals surface area contributed by atoms with E-state index in [0.717, 1.165) is 5.76 Å². The lowest BCUT2D eigenvalue weighted by Gasteiger charge is -2.11. The largest absolute Gasteiger partial charge is 0.466 e. The van der Waals surface area contributed by atoms with Gasteiger partial charge in [0.25, 0.3) is 5.91 Å². The highest BCUT2D eigenvalue weighted by molar-refractivity contribution is 5.95. The van der Waals surface area contributed by atoms with Crippen molar-refractivity contribution in [3.05, 3.63) is 23.2 Å². The van der Waals surface area contributed by atoms with Gasteiger partial charge in [-0.3, -0.25) is 4.79 Å². The zero-order valence-electron chi connectivity index (χ0n) is 9.59. The van der Waals surface area contributed by atoms with Gasteiger partial charge in [-0.15, -0.1) is 0 Å². The van der Waals surface area contributed by atoms with Gasteiger partial charge in [-0.2, -0.15) is 0 Å². The van der Waals surface area contributed by atoms with Gasteiger partial charge in [-0.05, 0) is 26.8 Å². The molecule has 1 atom stereocenters. The lowest BCUT2D eigenvalue weighted by Crippen LogP contribution is -2.35. The van der Waals surface area contributed by atoms with Crippen LogP contribution in [-0.4, -0.2) is 25.7 Å². The zero-order chi connectivity index (χ0) is 11.4. The molecule has 4 nitrogen and oxygen atoms in total. The van der Waals surface area contributed by atoms with E-state index in [1.807, 2.05) is 13.8 Å². The van der Waals surface area contributed by atoms with Crippen LogP contribution in [0.15, 0.2) is 10.5 Å². The van der Waals surface area contributed by atoms with Crippen LogP contribution in [0, 0.1) is 13.8 Å². The van der Waals surface area contributed by atoms with E-state index in [2.05, 4.69) is 5.32 Å². The van der Waals surface area contributed by atoms with E-state index in [1.54, 1.807) is 20.1 Å². The van der Waals surface area contributed by atoms with Gasteiger partial charge in [0.15, 0.2) is 0 Å². The van der Waals surface area contributed by atoms with Gasteiger partial charge in [0.1, 0.15) is 11.5 Å². The molecule has 84 valence electrons. The molecule has 1 heterocycles. The first-order chi connectivity index (χ1) is 7.04. The van der Waals surface area contributed by atoms with E-state index in [9.17, 15) is 4.79 Å². The Bertz CT molecular complexity index is 344. The molecular formula is C11H17NO3. The minimum atomic E-state index is -0.117. The number of carbonyl (C=O) groups is 1. The topological polar surface area (TPSA) is 51.5 Å². The van der Waals surface area contributed by atoms with Gasteiger partial charge in [-0.25, -0.2) is 0 Å². The maximum Gasteiger partial charge on any atom is 0.255 e. The Balaban J connectivity index is 2.65. The molecule has 0 aliphatic rings. The Morgan fingerprint density at radius 3 is 2.73 bits per heavy atom. The Labute approximate surface area is 89.6 Å². The third-order valence-corrected chi connectivity index (χ3v) is 2.08.